The molecule has 13 nitrogen and oxygen atoms in total. The molecule has 11 atom stereocenters. The lowest BCUT2D eigenvalue weighted by molar-refractivity contribution is -0.979. The summed E-state index contributed by atoms with van der Waals surface area (Å²) in [6, 6.07) is 4.58. The van der Waals surface area contributed by atoms with E-state index in [1.807, 2.05) is 0 Å². The molecule has 1 amide bonds. The molecule has 3 N–H and O–H groups in total. The van der Waals surface area contributed by atoms with Gasteiger partial charge in [0.15, 0.2) is 0 Å². The van der Waals surface area contributed by atoms with Crippen LogP contribution in [0.3, 0.4) is 0 Å². The van der Waals surface area contributed by atoms with Gasteiger partial charge in [-0.3, -0.25) is 4.79 Å². The van der Waals surface area contributed by atoms with Crippen molar-refractivity contribution in [1.29, 1.82) is 0 Å². The number of aliphatic hydroxyl groups is 1. The van der Waals surface area contributed by atoms with Crippen molar-refractivity contribution in [3.8, 4) is 0 Å². The number of carboxylic acid groups (broad SMARTS) is 2. The van der Waals surface area contributed by atoms with E-state index in [2.05, 4.69) is 0 Å². The number of anilines is 1. The normalized spacial score (nSPS) is 36.5. The first kappa shape index (κ1) is 42.6. The number of fused-ring (bicyclic) bond motifs is 4. The molecule has 2 aliphatic heterocycles. The van der Waals surface area contributed by atoms with Gasteiger partial charge in [0.05, 0.1) is 28.6 Å². The standard InChI is InChI=1S/C39H53ClF2N2O11/c1-19-17-25-23(21(3)30(41)42)16-15-20(2)39(25,51)29(28(19)52-22(4)45)37(32(46)47)18-38(54-34(50)53-36(8,9)10)24-13-12-14-26(40)27(24)43(11)55-31(38)44(37,33(48)49)35(5,6)7/h12-14,17,20-21,23,25,28-31,51H,15-16,18H2,1-11H3,(H-,46,47,48,49)/p+1/t20-,21?,23+,25-,28+,29-,31-,37+,38-,39-,44?/m1/s1. The van der Waals surface area contributed by atoms with Crippen LogP contribution in [0.25, 0.3) is 0 Å². The summed E-state index contributed by atoms with van der Waals surface area (Å²) >= 11 is 6.74. The van der Waals surface area contributed by atoms with E-state index in [0.29, 0.717) is 0 Å². The number of hydroxylamine groups is 1. The third kappa shape index (κ3) is 6.10. The zero-order chi connectivity index (χ0) is 41.6. The van der Waals surface area contributed by atoms with Crippen LogP contribution in [0.1, 0.15) is 94.1 Å². The molecule has 2 unspecified atom stereocenters. The van der Waals surface area contributed by atoms with Crippen molar-refractivity contribution in [2.45, 2.75) is 135 Å². The van der Waals surface area contributed by atoms with E-state index >= 15 is 0 Å². The Morgan fingerprint density at radius 2 is 1.71 bits per heavy atom. The van der Waals surface area contributed by atoms with Crippen LogP contribution in [0.4, 0.5) is 24.1 Å². The molecule has 1 aromatic rings. The number of halogens is 3. The van der Waals surface area contributed by atoms with Gasteiger partial charge in [0, 0.05) is 31.4 Å². The average molecular weight is 800 g/mol. The molecule has 306 valence electrons. The Kier molecular flexibility index (Phi) is 10.7. The highest BCUT2D eigenvalue weighted by Gasteiger charge is 2.90. The van der Waals surface area contributed by atoms with E-state index in [0.717, 1.165) is 6.92 Å². The van der Waals surface area contributed by atoms with Gasteiger partial charge in [-0.25, -0.2) is 28.3 Å². The molecule has 0 spiro atoms. The number of carboxylic acids is 1. The zero-order valence-corrected chi connectivity index (χ0v) is 33.9. The van der Waals surface area contributed by atoms with Crippen LogP contribution in [-0.2, 0) is 34.2 Å². The van der Waals surface area contributed by atoms with Gasteiger partial charge in [0.25, 0.3) is 6.23 Å². The van der Waals surface area contributed by atoms with Crippen LogP contribution in [0, 0.1) is 29.6 Å². The minimum absolute atomic E-state index is 0.0947. The van der Waals surface area contributed by atoms with Gasteiger partial charge in [-0.15, -0.1) is 0 Å². The molecule has 1 saturated heterocycles. The molecule has 1 aromatic carbocycles. The SMILES string of the molecule is CC(=O)O[C@H]1C(C)=C[C@@H]2[C@H](C(C)C(F)F)CC[C@@H](C)[C@]2(O)[C@H]1[C@]1(C(=O)O)C[C@@]2(OC(=O)OC(C)(C)C)c3cccc(Cl)c3N(C)O[C@H]2[N+]1(C(=O)O)C(C)(C)C. The van der Waals surface area contributed by atoms with Crippen molar-refractivity contribution in [3.05, 3.63) is 40.4 Å². The van der Waals surface area contributed by atoms with Crippen molar-refractivity contribution in [3.63, 3.8) is 0 Å². The topological polar surface area (TPSA) is 169 Å². The van der Waals surface area contributed by atoms with Crippen molar-refractivity contribution < 1.29 is 66.8 Å². The number of hydrogen-bond acceptors (Lipinski definition) is 10. The Hall–Kier alpha value is -3.53. The van der Waals surface area contributed by atoms with Gasteiger partial charge in [-0.2, -0.15) is 9.28 Å². The number of likely N-dealkylation sites (tertiary alicyclic amines) is 1. The van der Waals surface area contributed by atoms with Gasteiger partial charge in [0.2, 0.25) is 17.6 Å². The summed E-state index contributed by atoms with van der Waals surface area (Å²) in [4.78, 5) is 63.0. The zero-order valence-electron chi connectivity index (χ0n) is 33.2. The van der Waals surface area contributed by atoms with E-state index < -0.39 is 111 Å². The highest BCUT2D eigenvalue weighted by Crippen LogP contribution is 2.69. The quantitative estimate of drug-likeness (QED) is 0.147. The van der Waals surface area contributed by atoms with Crippen LogP contribution < -0.4 is 5.06 Å². The lowest BCUT2D eigenvalue weighted by Gasteiger charge is -2.62. The first-order valence-electron chi connectivity index (χ1n) is 18.5. The molecular formula is C39H54ClF2N2O11+. The largest absolute Gasteiger partial charge is 0.517 e. The molecule has 2 aliphatic carbocycles. The fourth-order valence-electron chi connectivity index (χ4n) is 10.6. The molecule has 2 heterocycles. The van der Waals surface area contributed by atoms with Crippen molar-refractivity contribution >= 4 is 41.5 Å². The van der Waals surface area contributed by atoms with E-state index in [1.54, 1.807) is 40.7 Å². The van der Waals surface area contributed by atoms with Crippen molar-refractivity contribution in [1.82, 2.24) is 0 Å². The molecule has 5 rings (SSSR count). The summed E-state index contributed by atoms with van der Waals surface area (Å²) in [5.74, 6) is -8.61. The molecule has 4 aliphatic rings. The van der Waals surface area contributed by atoms with Crippen LogP contribution in [0.5, 0.6) is 0 Å². The van der Waals surface area contributed by atoms with Gasteiger partial charge in [0.1, 0.15) is 17.2 Å². The van der Waals surface area contributed by atoms with Gasteiger partial charge in [-0.1, -0.05) is 43.7 Å². The van der Waals surface area contributed by atoms with Crippen LogP contribution in [0.15, 0.2) is 29.8 Å². The summed E-state index contributed by atoms with van der Waals surface area (Å²) in [5.41, 5.74) is -9.78. The Morgan fingerprint density at radius 1 is 1.09 bits per heavy atom. The summed E-state index contributed by atoms with van der Waals surface area (Å²) in [5, 5.41) is 38.8. The van der Waals surface area contributed by atoms with E-state index in [9.17, 15) is 43.3 Å². The number of carbonyl (C=O) groups is 4. The minimum atomic E-state index is -2.83. The summed E-state index contributed by atoms with van der Waals surface area (Å²) in [7, 11) is 1.44. The Balaban J connectivity index is 2.01. The van der Waals surface area contributed by atoms with Crippen molar-refractivity contribution in [2.75, 3.05) is 12.1 Å². The number of ether oxygens (including phenoxy) is 3. The first-order valence-corrected chi connectivity index (χ1v) is 18.9. The summed E-state index contributed by atoms with van der Waals surface area (Å²) in [6.07, 6.45) is -8.23. The number of aliphatic carboxylic acids is 1. The number of esters is 1. The lowest BCUT2D eigenvalue weighted by Crippen LogP contribution is -2.84. The fourth-order valence-corrected chi connectivity index (χ4v) is 10.9. The Morgan fingerprint density at radius 3 is 2.22 bits per heavy atom. The molecular weight excluding hydrogens is 746 g/mol. The smallest absolute Gasteiger partial charge is 0.477 e. The number of quaternary nitrogens is 1. The maximum absolute atomic E-state index is 14.9. The van der Waals surface area contributed by atoms with E-state index in [4.69, 9.17) is 30.6 Å². The molecule has 16 heteroatoms. The number of hydrogen-bond donors (Lipinski definition) is 3. The molecule has 1 saturated carbocycles. The average Bonchev–Trinajstić information content (AvgIpc) is 3.30. The van der Waals surface area contributed by atoms with E-state index in [-0.39, 0.29) is 34.7 Å². The van der Waals surface area contributed by atoms with E-state index in [1.165, 1.54) is 58.0 Å². The van der Waals surface area contributed by atoms with Crippen LogP contribution in [0.2, 0.25) is 5.02 Å². The molecule has 55 heavy (non-hydrogen) atoms. The number of nitrogens with zero attached hydrogens (tertiary/aromatic N) is 2. The number of para-hydroxylation sites is 1. The van der Waals surface area contributed by atoms with Gasteiger partial charge < -0.3 is 29.5 Å². The van der Waals surface area contributed by atoms with Gasteiger partial charge in [-0.05, 0) is 84.8 Å². The highest BCUT2D eigenvalue weighted by atomic mass is 35.5. The van der Waals surface area contributed by atoms with Crippen LogP contribution in [-0.4, -0.2) is 92.1 Å². The maximum Gasteiger partial charge on any atom is 0.517 e. The second kappa shape index (κ2) is 13.8. The maximum atomic E-state index is 14.9. The third-order valence-corrected chi connectivity index (χ3v) is 12.9. The van der Waals surface area contributed by atoms with Crippen LogP contribution >= 0.6 is 11.6 Å². The number of alkyl halides is 2. The molecule has 0 bridgehead atoms. The number of carbonyl (C=O) groups excluding carboxylic acids is 2. The Labute approximate surface area is 325 Å². The third-order valence-electron chi connectivity index (χ3n) is 12.6. The second-order valence-corrected chi connectivity index (χ2v) is 18.2. The van der Waals surface area contributed by atoms with Gasteiger partial charge >= 0.3 is 24.2 Å². The minimum Gasteiger partial charge on any atom is -0.477 e. The highest BCUT2D eigenvalue weighted by molar-refractivity contribution is 6.33. The number of amides is 1. The molecule has 2 fully saturated rings. The predicted octanol–water partition coefficient (Wildman–Crippen LogP) is 7.52. The Bertz CT molecular complexity index is 1780. The lowest BCUT2D eigenvalue weighted by atomic mass is 9.48. The molecule has 0 aromatic heterocycles. The molecule has 0 radical (unpaired) electrons. The number of benzene rings is 1. The second-order valence-electron chi connectivity index (χ2n) is 17.8. The van der Waals surface area contributed by atoms with Crippen molar-refractivity contribution in [2.24, 2.45) is 29.6 Å². The summed E-state index contributed by atoms with van der Waals surface area (Å²) < 4.78 is 45.5. The predicted molar refractivity (Wildman–Crippen MR) is 195 cm³/mol. The summed E-state index contributed by atoms with van der Waals surface area (Å²) in [6.45, 7) is 14.9. The monoisotopic (exact) mass is 799 g/mol. The fraction of sp³-hybridized carbons (Fsp3) is 0.692. The first-order chi connectivity index (χ1) is 25.2. The number of rotatable bonds is 6.